The van der Waals surface area contributed by atoms with Crippen molar-refractivity contribution in [3.63, 3.8) is 0 Å². The number of rotatable bonds is 4. The molecule has 0 amide bonds. The highest BCUT2D eigenvalue weighted by molar-refractivity contribution is 5.72. The van der Waals surface area contributed by atoms with Gasteiger partial charge in [-0.3, -0.25) is 0 Å². The highest BCUT2D eigenvalue weighted by Gasteiger charge is 2.21. The molecule has 0 saturated heterocycles. The minimum atomic E-state index is -1.54. The van der Waals surface area contributed by atoms with Gasteiger partial charge in [0.05, 0.1) is 0 Å². The van der Waals surface area contributed by atoms with Crippen LogP contribution in [0.2, 0.25) is 0 Å². The van der Waals surface area contributed by atoms with Gasteiger partial charge in [-0.1, -0.05) is 12.1 Å². The van der Waals surface area contributed by atoms with Crippen LogP contribution in [0, 0.1) is 0 Å². The van der Waals surface area contributed by atoms with Crippen molar-refractivity contribution >= 4 is 11.7 Å². The van der Waals surface area contributed by atoms with Gasteiger partial charge in [0.15, 0.2) is 6.10 Å². The van der Waals surface area contributed by atoms with Crippen molar-refractivity contribution in [2.24, 2.45) is 5.73 Å². The van der Waals surface area contributed by atoms with E-state index in [4.69, 9.17) is 21.7 Å². The van der Waals surface area contributed by atoms with Gasteiger partial charge in [-0.05, 0) is 24.1 Å². The number of carboxylic acid groups (broad SMARTS) is 1. The SMILES string of the molecule is Nc1ccc(CC(N)C(O)C(=O)O)cc1. The van der Waals surface area contributed by atoms with Crippen LogP contribution in [0.3, 0.4) is 0 Å². The van der Waals surface area contributed by atoms with Crippen LogP contribution in [-0.4, -0.2) is 28.3 Å². The summed E-state index contributed by atoms with van der Waals surface area (Å²) in [5.41, 5.74) is 12.5. The lowest BCUT2D eigenvalue weighted by atomic mass is 10.0. The molecule has 0 radical (unpaired) electrons. The Bertz CT molecular complexity index is 337. The van der Waals surface area contributed by atoms with Gasteiger partial charge >= 0.3 is 5.97 Å². The van der Waals surface area contributed by atoms with Crippen molar-refractivity contribution in [3.05, 3.63) is 29.8 Å². The number of anilines is 1. The number of benzene rings is 1. The topological polar surface area (TPSA) is 110 Å². The number of carbonyl (C=O) groups is 1. The average Bonchev–Trinajstić information content (AvgIpc) is 2.20. The molecule has 82 valence electrons. The fourth-order valence-corrected chi connectivity index (χ4v) is 1.22. The zero-order valence-electron chi connectivity index (χ0n) is 8.13. The van der Waals surface area contributed by atoms with E-state index in [1.165, 1.54) is 0 Å². The fraction of sp³-hybridized carbons (Fsp3) is 0.300. The Balaban J connectivity index is 2.62. The molecule has 1 rings (SSSR count). The van der Waals surface area contributed by atoms with Gasteiger partial charge in [-0.25, -0.2) is 4.79 Å². The van der Waals surface area contributed by atoms with Crippen molar-refractivity contribution < 1.29 is 15.0 Å². The van der Waals surface area contributed by atoms with E-state index < -0.39 is 18.1 Å². The fourth-order valence-electron chi connectivity index (χ4n) is 1.22. The maximum Gasteiger partial charge on any atom is 0.334 e. The Morgan fingerprint density at radius 3 is 2.33 bits per heavy atom. The van der Waals surface area contributed by atoms with E-state index in [2.05, 4.69) is 0 Å². The minimum absolute atomic E-state index is 0.299. The quantitative estimate of drug-likeness (QED) is 0.505. The minimum Gasteiger partial charge on any atom is -0.479 e. The van der Waals surface area contributed by atoms with E-state index >= 15 is 0 Å². The standard InChI is InChI=1S/C10H14N2O3/c11-7-3-1-6(2-4-7)5-8(12)9(13)10(14)15/h1-4,8-9,13H,5,11-12H2,(H,14,15). The summed E-state index contributed by atoms with van der Waals surface area (Å²) in [7, 11) is 0. The van der Waals surface area contributed by atoms with Gasteiger partial charge < -0.3 is 21.7 Å². The van der Waals surface area contributed by atoms with Crippen molar-refractivity contribution in [2.45, 2.75) is 18.6 Å². The Hall–Kier alpha value is -1.59. The van der Waals surface area contributed by atoms with Crippen LogP contribution in [0.15, 0.2) is 24.3 Å². The maximum atomic E-state index is 10.4. The summed E-state index contributed by atoms with van der Waals surface area (Å²) in [6.07, 6.45) is -1.24. The van der Waals surface area contributed by atoms with E-state index in [9.17, 15) is 4.79 Å². The lowest BCUT2D eigenvalue weighted by molar-refractivity contribution is -0.147. The lowest BCUT2D eigenvalue weighted by Gasteiger charge is -2.14. The molecule has 6 N–H and O–H groups in total. The molecule has 0 aliphatic heterocycles. The first-order valence-electron chi connectivity index (χ1n) is 4.51. The Morgan fingerprint density at radius 1 is 1.33 bits per heavy atom. The van der Waals surface area contributed by atoms with Crippen LogP contribution in [0.25, 0.3) is 0 Å². The molecule has 5 heteroatoms. The number of aliphatic hydroxyl groups is 1. The van der Waals surface area contributed by atoms with Gasteiger partial charge in [-0.15, -0.1) is 0 Å². The number of aliphatic hydroxyl groups excluding tert-OH is 1. The van der Waals surface area contributed by atoms with Crippen molar-refractivity contribution in [2.75, 3.05) is 5.73 Å². The lowest BCUT2D eigenvalue weighted by Crippen LogP contribution is -2.41. The maximum absolute atomic E-state index is 10.4. The monoisotopic (exact) mass is 210 g/mol. The number of aliphatic carboxylic acids is 1. The summed E-state index contributed by atoms with van der Waals surface area (Å²) in [5.74, 6) is -1.31. The zero-order valence-corrected chi connectivity index (χ0v) is 8.13. The van der Waals surface area contributed by atoms with Crippen molar-refractivity contribution in [1.29, 1.82) is 0 Å². The van der Waals surface area contributed by atoms with Crippen LogP contribution in [0.5, 0.6) is 0 Å². The second-order valence-corrected chi connectivity index (χ2v) is 3.39. The number of carboxylic acids is 1. The van der Waals surface area contributed by atoms with Crippen molar-refractivity contribution in [3.8, 4) is 0 Å². The average molecular weight is 210 g/mol. The van der Waals surface area contributed by atoms with E-state index in [1.807, 2.05) is 0 Å². The molecule has 5 nitrogen and oxygen atoms in total. The van der Waals surface area contributed by atoms with Gasteiger partial charge in [-0.2, -0.15) is 0 Å². The predicted octanol–water partition coefficient (Wildman–Crippen LogP) is -0.416. The van der Waals surface area contributed by atoms with Gasteiger partial charge in [0.25, 0.3) is 0 Å². The van der Waals surface area contributed by atoms with Gasteiger partial charge in [0.2, 0.25) is 0 Å². The van der Waals surface area contributed by atoms with E-state index in [-0.39, 0.29) is 0 Å². The molecule has 15 heavy (non-hydrogen) atoms. The third-order valence-electron chi connectivity index (χ3n) is 2.11. The summed E-state index contributed by atoms with van der Waals surface area (Å²) in [4.78, 5) is 10.4. The van der Waals surface area contributed by atoms with Gasteiger partial charge in [0, 0.05) is 11.7 Å². The molecule has 1 aromatic rings. The Kier molecular flexibility index (Phi) is 3.65. The highest BCUT2D eigenvalue weighted by atomic mass is 16.4. The first-order valence-corrected chi connectivity index (χ1v) is 4.51. The normalized spacial score (nSPS) is 14.5. The highest BCUT2D eigenvalue weighted by Crippen LogP contribution is 2.08. The van der Waals surface area contributed by atoms with E-state index in [0.717, 1.165) is 5.56 Å². The molecule has 0 spiro atoms. The molecule has 0 heterocycles. The summed E-state index contributed by atoms with van der Waals surface area (Å²) < 4.78 is 0. The molecule has 0 saturated carbocycles. The molecule has 0 aromatic heterocycles. The Labute approximate surface area is 87.3 Å². The summed E-state index contributed by atoms with van der Waals surface area (Å²) in [5, 5.41) is 17.7. The summed E-state index contributed by atoms with van der Waals surface area (Å²) in [6.45, 7) is 0. The smallest absolute Gasteiger partial charge is 0.334 e. The Morgan fingerprint density at radius 2 is 1.87 bits per heavy atom. The molecular formula is C10H14N2O3. The number of hydrogen-bond acceptors (Lipinski definition) is 4. The first kappa shape index (κ1) is 11.5. The van der Waals surface area contributed by atoms with Crippen LogP contribution < -0.4 is 11.5 Å². The first-order chi connectivity index (χ1) is 7.00. The zero-order chi connectivity index (χ0) is 11.4. The van der Waals surface area contributed by atoms with Crippen LogP contribution in [-0.2, 0) is 11.2 Å². The third kappa shape index (κ3) is 3.23. The van der Waals surface area contributed by atoms with Crippen LogP contribution in [0.4, 0.5) is 5.69 Å². The molecular weight excluding hydrogens is 196 g/mol. The van der Waals surface area contributed by atoms with E-state index in [0.29, 0.717) is 12.1 Å². The van der Waals surface area contributed by atoms with Gasteiger partial charge in [0.1, 0.15) is 0 Å². The largest absolute Gasteiger partial charge is 0.479 e. The second-order valence-electron chi connectivity index (χ2n) is 3.39. The predicted molar refractivity (Wildman–Crippen MR) is 56.2 cm³/mol. The second kappa shape index (κ2) is 4.77. The molecule has 2 atom stereocenters. The summed E-state index contributed by atoms with van der Waals surface area (Å²) >= 11 is 0. The molecule has 0 fully saturated rings. The molecule has 2 unspecified atom stereocenters. The number of hydrogen-bond donors (Lipinski definition) is 4. The molecule has 0 bridgehead atoms. The van der Waals surface area contributed by atoms with Crippen LogP contribution in [0.1, 0.15) is 5.56 Å². The number of nitrogen functional groups attached to an aromatic ring is 1. The van der Waals surface area contributed by atoms with E-state index in [1.54, 1.807) is 24.3 Å². The molecule has 0 aliphatic carbocycles. The molecule has 1 aromatic carbocycles. The number of nitrogens with two attached hydrogens (primary N) is 2. The summed E-state index contributed by atoms with van der Waals surface area (Å²) in [6, 6.07) is 6.10. The molecule has 0 aliphatic rings. The third-order valence-corrected chi connectivity index (χ3v) is 2.11. The van der Waals surface area contributed by atoms with Crippen LogP contribution >= 0.6 is 0 Å². The van der Waals surface area contributed by atoms with Crippen molar-refractivity contribution in [1.82, 2.24) is 0 Å².